The van der Waals surface area contributed by atoms with E-state index in [-0.39, 0.29) is 24.3 Å². The quantitative estimate of drug-likeness (QED) is 0.656. The molecule has 0 bridgehead atoms. The Balaban J connectivity index is 1.26. The van der Waals surface area contributed by atoms with E-state index in [9.17, 15) is 9.59 Å². The van der Waals surface area contributed by atoms with Crippen LogP contribution in [0.2, 0.25) is 0 Å². The molecule has 5 rings (SSSR count). The lowest BCUT2D eigenvalue weighted by molar-refractivity contribution is -0.920. The maximum absolute atomic E-state index is 13.1. The van der Waals surface area contributed by atoms with Gasteiger partial charge in [-0.25, -0.2) is 9.88 Å². The topological polar surface area (TPSA) is 63.9 Å². The Morgan fingerprint density at radius 1 is 1.07 bits per heavy atom. The lowest BCUT2D eigenvalue weighted by Crippen LogP contribution is -3.17. The van der Waals surface area contributed by atoms with Crippen LogP contribution in [0.1, 0.15) is 30.2 Å². The Hall–Kier alpha value is -2.77. The molecule has 2 aliphatic rings. The van der Waals surface area contributed by atoms with Crippen molar-refractivity contribution in [1.29, 1.82) is 0 Å². The van der Waals surface area contributed by atoms with Gasteiger partial charge >= 0.3 is 0 Å². The van der Waals surface area contributed by atoms with E-state index >= 15 is 0 Å². The van der Waals surface area contributed by atoms with E-state index in [4.69, 9.17) is 9.72 Å². The van der Waals surface area contributed by atoms with Crippen LogP contribution in [0.25, 0.3) is 10.2 Å². The van der Waals surface area contributed by atoms with Gasteiger partial charge in [0.05, 0.1) is 47.5 Å². The lowest BCUT2D eigenvalue weighted by Gasteiger charge is -2.31. The van der Waals surface area contributed by atoms with E-state index in [1.807, 2.05) is 12.1 Å². The minimum atomic E-state index is -0.282. The van der Waals surface area contributed by atoms with Gasteiger partial charge in [-0.3, -0.25) is 9.59 Å². The summed E-state index contributed by atoms with van der Waals surface area (Å²) in [7, 11) is 1.60. The first-order valence-electron chi connectivity index (χ1n) is 10.3. The average molecular weight is 423 g/mol. The van der Waals surface area contributed by atoms with Gasteiger partial charge in [0.1, 0.15) is 5.75 Å². The predicted octanol–water partition coefficient (Wildman–Crippen LogP) is 2.40. The van der Waals surface area contributed by atoms with Gasteiger partial charge in [-0.15, -0.1) is 11.3 Å². The minimum absolute atomic E-state index is 0.0846. The molecule has 1 atom stereocenters. The van der Waals surface area contributed by atoms with Crippen molar-refractivity contribution in [3.8, 4) is 5.75 Å². The number of nitrogens with zero attached hydrogens (tertiary/aromatic N) is 2. The van der Waals surface area contributed by atoms with Crippen molar-refractivity contribution in [2.45, 2.75) is 31.2 Å². The molecule has 2 aromatic carbocycles. The number of quaternary nitrogens is 1. The van der Waals surface area contributed by atoms with E-state index < -0.39 is 0 Å². The van der Waals surface area contributed by atoms with Crippen molar-refractivity contribution < 1.29 is 19.2 Å². The summed E-state index contributed by atoms with van der Waals surface area (Å²) in [6.07, 6.45) is 2.28. The van der Waals surface area contributed by atoms with Crippen molar-refractivity contribution in [3.05, 3.63) is 53.5 Å². The number of imide groups is 1. The van der Waals surface area contributed by atoms with Crippen molar-refractivity contribution >= 4 is 39.1 Å². The molecule has 0 unspecified atom stereocenters. The summed E-state index contributed by atoms with van der Waals surface area (Å²) in [6.45, 7) is 1.78. The van der Waals surface area contributed by atoms with Gasteiger partial charge in [-0.05, 0) is 36.4 Å². The Labute approximate surface area is 179 Å². The fourth-order valence-electron chi connectivity index (χ4n) is 4.60. The highest BCUT2D eigenvalue weighted by Gasteiger charge is 2.46. The molecular weight excluding hydrogens is 398 g/mol. The van der Waals surface area contributed by atoms with Gasteiger partial charge in [0.25, 0.3) is 5.91 Å². The first-order chi connectivity index (χ1) is 14.6. The first kappa shape index (κ1) is 19.2. The van der Waals surface area contributed by atoms with Crippen LogP contribution >= 0.6 is 11.3 Å². The van der Waals surface area contributed by atoms with E-state index in [1.54, 1.807) is 42.7 Å². The highest BCUT2D eigenvalue weighted by atomic mass is 32.1. The van der Waals surface area contributed by atoms with Gasteiger partial charge in [0.15, 0.2) is 6.04 Å². The molecule has 0 saturated carbocycles. The first-order valence-corrected chi connectivity index (χ1v) is 11.2. The number of benzene rings is 2. The molecule has 2 aliphatic heterocycles. The summed E-state index contributed by atoms with van der Waals surface area (Å²) in [5, 5.41) is 1.20. The summed E-state index contributed by atoms with van der Waals surface area (Å²) in [4.78, 5) is 33.1. The average Bonchev–Trinajstić information content (AvgIpc) is 3.34. The normalized spacial score (nSPS) is 24.6. The predicted molar refractivity (Wildman–Crippen MR) is 116 cm³/mol. The van der Waals surface area contributed by atoms with Crippen molar-refractivity contribution in [2.24, 2.45) is 0 Å². The molecule has 154 valence electrons. The molecule has 0 spiro atoms. The largest absolute Gasteiger partial charge is 0.497 e. The Morgan fingerprint density at radius 2 is 1.80 bits per heavy atom. The third-order valence-electron chi connectivity index (χ3n) is 6.26. The number of amides is 2. The molecule has 30 heavy (non-hydrogen) atoms. The number of fused-ring (bicyclic) bond motifs is 1. The number of piperidine rings is 1. The summed E-state index contributed by atoms with van der Waals surface area (Å²) < 4.78 is 6.40. The van der Waals surface area contributed by atoms with Crippen LogP contribution in [0.4, 0.5) is 5.69 Å². The molecule has 2 saturated heterocycles. The summed E-state index contributed by atoms with van der Waals surface area (Å²) in [6, 6.07) is 15.1. The minimum Gasteiger partial charge on any atom is -0.497 e. The van der Waals surface area contributed by atoms with Gasteiger partial charge in [-0.2, -0.15) is 0 Å². The van der Waals surface area contributed by atoms with Crippen LogP contribution in [-0.4, -0.2) is 43.0 Å². The number of ether oxygens (including phenoxy) is 1. The van der Waals surface area contributed by atoms with Gasteiger partial charge in [-0.1, -0.05) is 12.1 Å². The number of hydrogen-bond donors (Lipinski definition) is 1. The Kier molecular flexibility index (Phi) is 5.00. The zero-order valence-electron chi connectivity index (χ0n) is 16.8. The second kappa shape index (κ2) is 7.81. The standard InChI is InChI=1S/C23H23N3O3S/c1-29-17-8-6-16(7-9-17)26-21(27)14-19(23(26)28)25-12-10-15(11-13-25)22-24-18-4-2-3-5-20(18)30-22/h2-9,15,19H,10-14H2,1H3/p+1/t19-/m0/s1. The van der Waals surface area contributed by atoms with E-state index in [0.29, 0.717) is 17.4 Å². The maximum Gasteiger partial charge on any atom is 0.292 e. The molecular formula is C23H24N3O3S+. The van der Waals surface area contributed by atoms with Gasteiger partial charge in [0, 0.05) is 18.8 Å². The van der Waals surface area contributed by atoms with Crippen LogP contribution in [-0.2, 0) is 9.59 Å². The molecule has 0 radical (unpaired) electrons. The Morgan fingerprint density at radius 3 is 2.50 bits per heavy atom. The molecule has 2 amide bonds. The van der Waals surface area contributed by atoms with Crippen LogP contribution in [0.3, 0.4) is 0 Å². The molecule has 3 heterocycles. The number of likely N-dealkylation sites (tertiary alicyclic amines) is 1. The van der Waals surface area contributed by atoms with Crippen molar-refractivity contribution in [1.82, 2.24) is 4.98 Å². The number of carbonyl (C=O) groups is 2. The number of methoxy groups -OCH3 is 1. The lowest BCUT2D eigenvalue weighted by atomic mass is 9.96. The van der Waals surface area contributed by atoms with Crippen molar-refractivity contribution in [2.75, 3.05) is 25.1 Å². The van der Waals surface area contributed by atoms with Crippen LogP contribution in [0.5, 0.6) is 5.75 Å². The highest BCUT2D eigenvalue weighted by molar-refractivity contribution is 7.18. The summed E-state index contributed by atoms with van der Waals surface area (Å²) in [5.41, 5.74) is 1.69. The van der Waals surface area contributed by atoms with E-state index in [0.717, 1.165) is 31.4 Å². The van der Waals surface area contributed by atoms with Gasteiger partial charge < -0.3 is 9.64 Å². The number of rotatable bonds is 4. The number of aromatic nitrogens is 1. The molecule has 2 fully saturated rings. The number of para-hydroxylation sites is 1. The molecule has 6 nitrogen and oxygen atoms in total. The van der Waals surface area contributed by atoms with Crippen LogP contribution in [0.15, 0.2) is 48.5 Å². The highest BCUT2D eigenvalue weighted by Crippen LogP contribution is 2.32. The molecule has 7 heteroatoms. The Bertz CT molecular complexity index is 1050. The third kappa shape index (κ3) is 3.38. The number of carbonyl (C=O) groups excluding carboxylic acids is 2. The van der Waals surface area contributed by atoms with Crippen molar-refractivity contribution in [3.63, 3.8) is 0 Å². The second-order valence-electron chi connectivity index (χ2n) is 7.97. The van der Waals surface area contributed by atoms with Crippen LogP contribution in [0, 0.1) is 0 Å². The number of hydrogen-bond acceptors (Lipinski definition) is 5. The summed E-state index contributed by atoms with van der Waals surface area (Å²) >= 11 is 1.78. The molecule has 0 aliphatic carbocycles. The summed E-state index contributed by atoms with van der Waals surface area (Å²) in [5.74, 6) is 0.947. The van der Waals surface area contributed by atoms with E-state index in [2.05, 4.69) is 12.1 Å². The SMILES string of the molecule is COc1ccc(N2C(=O)C[C@H]([NH+]3CCC(c4nc5ccccc5s4)CC3)C2=O)cc1. The fourth-order valence-corrected chi connectivity index (χ4v) is 5.74. The van der Waals surface area contributed by atoms with Gasteiger partial charge in [0.2, 0.25) is 5.91 Å². The molecule has 1 aromatic heterocycles. The smallest absolute Gasteiger partial charge is 0.292 e. The zero-order valence-corrected chi connectivity index (χ0v) is 17.7. The molecule has 3 aromatic rings. The molecule has 1 N–H and O–H groups in total. The number of anilines is 1. The maximum atomic E-state index is 13.1. The fraction of sp³-hybridized carbons (Fsp3) is 0.348. The zero-order chi connectivity index (χ0) is 20.7. The van der Waals surface area contributed by atoms with Crippen LogP contribution < -0.4 is 14.5 Å². The third-order valence-corrected chi connectivity index (χ3v) is 7.46. The second-order valence-corrected chi connectivity index (χ2v) is 9.04. The monoisotopic (exact) mass is 422 g/mol. The number of nitrogens with one attached hydrogen (secondary N) is 1. The van der Waals surface area contributed by atoms with E-state index in [1.165, 1.54) is 19.5 Å². The number of thiazole rings is 1.